The predicted octanol–water partition coefficient (Wildman–Crippen LogP) is 2.07. The Bertz CT molecular complexity index is 778. The number of benzene rings is 1. The van der Waals surface area contributed by atoms with E-state index in [4.69, 9.17) is 9.56 Å². The lowest BCUT2D eigenvalue weighted by Gasteiger charge is -2.24. The zero-order valence-corrected chi connectivity index (χ0v) is 13.4. The maximum atomic E-state index is 12.3. The average Bonchev–Trinajstić information content (AvgIpc) is 2.90. The first-order valence-corrected chi connectivity index (χ1v) is 8.21. The van der Waals surface area contributed by atoms with Gasteiger partial charge in [0.05, 0.1) is 10.9 Å². The van der Waals surface area contributed by atoms with Crippen LogP contribution in [-0.2, 0) is 10.0 Å². The number of carbonyl (C=O) groups is 1. The van der Waals surface area contributed by atoms with Gasteiger partial charge in [0, 0.05) is 7.05 Å². The molecule has 7 heteroatoms. The standard InChI is InChI=1S/C15H18N2O4S/c1-10-4-9-14(21-10)15(18)17(3)11(2)12-5-7-13(8-6-12)22(16,19)20/h4-9,11H,1-3H3,(H2,16,19,20). The lowest BCUT2D eigenvalue weighted by molar-refractivity contribution is 0.0709. The van der Waals surface area contributed by atoms with Crippen LogP contribution >= 0.6 is 0 Å². The van der Waals surface area contributed by atoms with E-state index in [-0.39, 0.29) is 22.6 Å². The fraction of sp³-hybridized carbons (Fsp3) is 0.267. The summed E-state index contributed by atoms with van der Waals surface area (Å²) in [6, 6.07) is 9.25. The predicted molar refractivity (Wildman–Crippen MR) is 81.8 cm³/mol. The summed E-state index contributed by atoms with van der Waals surface area (Å²) in [6.45, 7) is 3.62. The maximum Gasteiger partial charge on any atom is 0.289 e. The third kappa shape index (κ3) is 3.37. The van der Waals surface area contributed by atoms with Gasteiger partial charge < -0.3 is 9.32 Å². The molecule has 0 saturated heterocycles. The molecule has 6 nitrogen and oxygen atoms in total. The third-order valence-electron chi connectivity index (χ3n) is 3.54. The Kier molecular flexibility index (Phi) is 4.39. The van der Waals surface area contributed by atoms with Crippen LogP contribution < -0.4 is 5.14 Å². The highest BCUT2D eigenvalue weighted by atomic mass is 32.2. The minimum atomic E-state index is -3.72. The van der Waals surface area contributed by atoms with Crippen molar-refractivity contribution in [2.45, 2.75) is 24.8 Å². The maximum absolute atomic E-state index is 12.3. The number of aryl methyl sites for hydroxylation is 1. The minimum Gasteiger partial charge on any atom is -0.456 e. The molecule has 2 rings (SSSR count). The number of nitrogens with zero attached hydrogens (tertiary/aromatic N) is 1. The van der Waals surface area contributed by atoms with Crippen molar-refractivity contribution in [3.63, 3.8) is 0 Å². The Labute approximate surface area is 129 Å². The van der Waals surface area contributed by atoms with Gasteiger partial charge in [-0.3, -0.25) is 4.79 Å². The molecule has 2 N–H and O–H groups in total. The van der Waals surface area contributed by atoms with Gasteiger partial charge in [-0.25, -0.2) is 13.6 Å². The fourth-order valence-electron chi connectivity index (χ4n) is 2.06. The number of sulfonamides is 1. The summed E-state index contributed by atoms with van der Waals surface area (Å²) >= 11 is 0. The van der Waals surface area contributed by atoms with Crippen molar-refractivity contribution >= 4 is 15.9 Å². The van der Waals surface area contributed by atoms with E-state index < -0.39 is 10.0 Å². The lowest BCUT2D eigenvalue weighted by Crippen LogP contribution is -2.29. The Morgan fingerprint density at radius 2 is 1.77 bits per heavy atom. The van der Waals surface area contributed by atoms with Gasteiger partial charge in [-0.1, -0.05) is 12.1 Å². The van der Waals surface area contributed by atoms with E-state index in [0.717, 1.165) is 5.56 Å². The molecular weight excluding hydrogens is 304 g/mol. The molecule has 1 atom stereocenters. The molecular formula is C15H18N2O4S. The van der Waals surface area contributed by atoms with Gasteiger partial charge in [-0.2, -0.15) is 0 Å². The summed E-state index contributed by atoms with van der Waals surface area (Å²) in [5.74, 6) is 0.700. The normalized spacial score (nSPS) is 12.9. The molecule has 0 aliphatic rings. The van der Waals surface area contributed by atoms with E-state index in [9.17, 15) is 13.2 Å². The van der Waals surface area contributed by atoms with Crippen LogP contribution in [0.3, 0.4) is 0 Å². The second kappa shape index (κ2) is 5.94. The first-order valence-electron chi connectivity index (χ1n) is 6.66. The van der Waals surface area contributed by atoms with Gasteiger partial charge in [-0.05, 0) is 43.7 Å². The number of furan rings is 1. The zero-order chi connectivity index (χ0) is 16.5. The number of hydrogen-bond acceptors (Lipinski definition) is 4. The average molecular weight is 322 g/mol. The number of carbonyl (C=O) groups excluding carboxylic acids is 1. The molecule has 0 aliphatic carbocycles. The van der Waals surface area contributed by atoms with Crippen molar-refractivity contribution in [2.24, 2.45) is 5.14 Å². The van der Waals surface area contributed by atoms with E-state index in [2.05, 4.69) is 0 Å². The number of rotatable bonds is 4. The van der Waals surface area contributed by atoms with Crippen LogP contribution in [0.5, 0.6) is 0 Å². The fourth-order valence-corrected chi connectivity index (χ4v) is 2.57. The summed E-state index contributed by atoms with van der Waals surface area (Å²) in [7, 11) is -2.05. The Morgan fingerprint density at radius 3 is 2.23 bits per heavy atom. The summed E-state index contributed by atoms with van der Waals surface area (Å²) in [6.07, 6.45) is 0. The molecule has 0 bridgehead atoms. The van der Waals surface area contributed by atoms with Crippen molar-refractivity contribution in [1.82, 2.24) is 4.90 Å². The molecule has 118 valence electrons. The minimum absolute atomic E-state index is 0.0408. The van der Waals surface area contributed by atoms with Gasteiger partial charge >= 0.3 is 0 Å². The van der Waals surface area contributed by atoms with Gasteiger partial charge in [-0.15, -0.1) is 0 Å². The molecule has 2 aromatic rings. The monoisotopic (exact) mass is 322 g/mol. The number of amides is 1. The molecule has 1 amide bonds. The van der Waals surface area contributed by atoms with Crippen molar-refractivity contribution in [1.29, 1.82) is 0 Å². The molecule has 1 aromatic carbocycles. The van der Waals surface area contributed by atoms with Crippen LogP contribution in [0.25, 0.3) is 0 Å². The number of nitrogens with two attached hydrogens (primary N) is 1. The summed E-state index contributed by atoms with van der Waals surface area (Å²) in [4.78, 5) is 13.9. The number of primary sulfonamides is 1. The highest BCUT2D eigenvalue weighted by molar-refractivity contribution is 7.89. The van der Waals surface area contributed by atoms with Crippen LogP contribution in [0.1, 0.15) is 34.8 Å². The molecule has 1 aromatic heterocycles. The van der Waals surface area contributed by atoms with E-state index in [1.165, 1.54) is 17.0 Å². The molecule has 22 heavy (non-hydrogen) atoms. The van der Waals surface area contributed by atoms with Gasteiger partial charge in [0.15, 0.2) is 5.76 Å². The topological polar surface area (TPSA) is 93.6 Å². The van der Waals surface area contributed by atoms with Crippen molar-refractivity contribution in [2.75, 3.05) is 7.05 Å². The molecule has 0 aliphatic heterocycles. The SMILES string of the molecule is Cc1ccc(C(=O)N(C)C(C)c2ccc(S(N)(=O)=O)cc2)o1. The first kappa shape index (κ1) is 16.3. The first-order chi connectivity index (χ1) is 10.2. The van der Waals surface area contributed by atoms with E-state index >= 15 is 0 Å². The molecule has 1 unspecified atom stereocenters. The zero-order valence-electron chi connectivity index (χ0n) is 12.6. The van der Waals surface area contributed by atoms with Crippen LogP contribution in [0, 0.1) is 6.92 Å². The summed E-state index contributed by atoms with van der Waals surface area (Å²) in [5.41, 5.74) is 0.798. The van der Waals surface area contributed by atoms with Crippen LogP contribution in [0.2, 0.25) is 0 Å². The molecule has 0 radical (unpaired) electrons. The molecule has 0 fully saturated rings. The van der Waals surface area contributed by atoms with Gasteiger partial charge in [0.2, 0.25) is 10.0 Å². The van der Waals surface area contributed by atoms with E-state index in [1.807, 2.05) is 6.92 Å². The van der Waals surface area contributed by atoms with Crippen molar-refractivity contribution in [3.8, 4) is 0 Å². The second-order valence-corrected chi connectivity index (χ2v) is 6.68. The highest BCUT2D eigenvalue weighted by Crippen LogP contribution is 2.22. The highest BCUT2D eigenvalue weighted by Gasteiger charge is 2.21. The number of hydrogen-bond donors (Lipinski definition) is 1. The molecule has 0 spiro atoms. The summed E-state index contributed by atoms with van der Waals surface area (Å²) in [5, 5.41) is 5.06. The second-order valence-electron chi connectivity index (χ2n) is 5.12. The quantitative estimate of drug-likeness (QED) is 0.932. The lowest BCUT2D eigenvalue weighted by atomic mass is 10.1. The summed E-state index contributed by atoms with van der Waals surface area (Å²) < 4.78 is 27.8. The van der Waals surface area contributed by atoms with Crippen molar-refractivity contribution in [3.05, 3.63) is 53.5 Å². The Hall–Kier alpha value is -2.12. The van der Waals surface area contributed by atoms with E-state index in [1.54, 1.807) is 38.2 Å². The van der Waals surface area contributed by atoms with Gasteiger partial charge in [0.25, 0.3) is 5.91 Å². The Balaban J connectivity index is 2.20. The van der Waals surface area contributed by atoms with Crippen LogP contribution in [0.15, 0.2) is 45.7 Å². The van der Waals surface area contributed by atoms with E-state index in [0.29, 0.717) is 5.76 Å². The smallest absolute Gasteiger partial charge is 0.289 e. The third-order valence-corrected chi connectivity index (χ3v) is 4.47. The van der Waals surface area contributed by atoms with Crippen LogP contribution in [-0.4, -0.2) is 26.3 Å². The molecule has 1 heterocycles. The van der Waals surface area contributed by atoms with Gasteiger partial charge in [0.1, 0.15) is 5.76 Å². The molecule has 0 saturated carbocycles. The Morgan fingerprint density at radius 1 is 1.18 bits per heavy atom. The van der Waals surface area contributed by atoms with Crippen LogP contribution in [0.4, 0.5) is 0 Å². The van der Waals surface area contributed by atoms with Crippen molar-refractivity contribution < 1.29 is 17.6 Å². The largest absolute Gasteiger partial charge is 0.456 e.